The lowest BCUT2D eigenvalue weighted by Gasteiger charge is -2.31. The molecule has 0 aliphatic heterocycles. The van der Waals surface area contributed by atoms with Gasteiger partial charge in [0, 0.05) is 26.4 Å². The van der Waals surface area contributed by atoms with E-state index in [9.17, 15) is 14.0 Å². The number of fused-ring (bicyclic) bond motifs is 1. The van der Waals surface area contributed by atoms with Gasteiger partial charge in [0.15, 0.2) is 0 Å². The highest BCUT2D eigenvalue weighted by molar-refractivity contribution is 5.89. The van der Waals surface area contributed by atoms with Crippen molar-refractivity contribution in [2.45, 2.75) is 31.8 Å². The average Bonchev–Trinajstić information content (AvgIpc) is 2.90. The summed E-state index contributed by atoms with van der Waals surface area (Å²) in [6.07, 6.45) is 1.21. The molecule has 0 spiro atoms. The van der Waals surface area contributed by atoms with Crippen molar-refractivity contribution >= 4 is 22.6 Å². The summed E-state index contributed by atoms with van der Waals surface area (Å²) in [7, 11) is 1.58. The van der Waals surface area contributed by atoms with Crippen molar-refractivity contribution in [1.82, 2.24) is 10.2 Å². The van der Waals surface area contributed by atoms with E-state index >= 15 is 0 Å². The number of aryl methyl sites for hydroxylation is 1. The number of nitrogens with one attached hydrogen (secondary N) is 1. The number of likely N-dealkylation sites (N-methyl/N-ethyl adjacent to an activating group) is 1. The summed E-state index contributed by atoms with van der Waals surface area (Å²) in [6, 6.07) is 29.3. The van der Waals surface area contributed by atoms with Crippen molar-refractivity contribution < 1.29 is 14.0 Å². The van der Waals surface area contributed by atoms with Gasteiger partial charge in [0.1, 0.15) is 11.9 Å². The van der Waals surface area contributed by atoms with Gasteiger partial charge in [-0.05, 0) is 46.0 Å². The van der Waals surface area contributed by atoms with E-state index in [4.69, 9.17) is 0 Å². The quantitative estimate of drug-likeness (QED) is 0.363. The molecule has 4 aromatic rings. The number of halogens is 1. The molecule has 35 heavy (non-hydrogen) atoms. The smallest absolute Gasteiger partial charge is 0.242 e. The highest BCUT2D eigenvalue weighted by Gasteiger charge is 2.29. The molecule has 178 valence electrons. The van der Waals surface area contributed by atoms with Crippen molar-refractivity contribution in [3.63, 3.8) is 0 Å². The molecular formula is C30H29FN2O2. The van der Waals surface area contributed by atoms with E-state index in [-0.39, 0.29) is 30.6 Å². The van der Waals surface area contributed by atoms with Crippen molar-refractivity contribution in [3.05, 3.63) is 120 Å². The third kappa shape index (κ3) is 6.12. The van der Waals surface area contributed by atoms with Crippen LogP contribution in [-0.2, 0) is 29.0 Å². The van der Waals surface area contributed by atoms with Crippen molar-refractivity contribution in [1.29, 1.82) is 0 Å². The minimum atomic E-state index is -0.688. The van der Waals surface area contributed by atoms with Crippen LogP contribution in [0.3, 0.4) is 0 Å². The van der Waals surface area contributed by atoms with Gasteiger partial charge >= 0.3 is 0 Å². The molecular weight excluding hydrogens is 439 g/mol. The van der Waals surface area contributed by atoms with E-state index in [1.165, 1.54) is 12.1 Å². The van der Waals surface area contributed by atoms with Crippen LogP contribution >= 0.6 is 0 Å². The van der Waals surface area contributed by atoms with Crippen LogP contribution < -0.4 is 5.32 Å². The van der Waals surface area contributed by atoms with Crippen LogP contribution in [0, 0.1) is 5.82 Å². The van der Waals surface area contributed by atoms with Gasteiger partial charge in [-0.15, -0.1) is 0 Å². The Balaban J connectivity index is 1.61. The van der Waals surface area contributed by atoms with Gasteiger partial charge < -0.3 is 10.2 Å². The fourth-order valence-corrected chi connectivity index (χ4v) is 4.40. The van der Waals surface area contributed by atoms with Gasteiger partial charge in [-0.2, -0.15) is 0 Å². The van der Waals surface area contributed by atoms with Crippen LogP contribution in [0.15, 0.2) is 97.1 Å². The molecule has 4 aromatic carbocycles. The summed E-state index contributed by atoms with van der Waals surface area (Å²) in [5.41, 5.74) is 2.83. The second-order valence-corrected chi connectivity index (χ2v) is 8.61. The van der Waals surface area contributed by atoms with Crippen LogP contribution in [0.4, 0.5) is 4.39 Å². The number of hydrogen-bond acceptors (Lipinski definition) is 2. The Hall–Kier alpha value is -3.99. The third-order valence-electron chi connectivity index (χ3n) is 6.27. The molecule has 0 saturated heterocycles. The van der Waals surface area contributed by atoms with E-state index in [0.29, 0.717) is 12.8 Å². The maximum atomic E-state index is 13.6. The highest BCUT2D eigenvalue weighted by atomic mass is 19.1. The van der Waals surface area contributed by atoms with Gasteiger partial charge in [-0.3, -0.25) is 9.59 Å². The molecule has 1 atom stereocenters. The lowest BCUT2D eigenvalue weighted by atomic mass is 9.99. The maximum Gasteiger partial charge on any atom is 0.242 e. The lowest BCUT2D eigenvalue weighted by molar-refractivity contribution is -0.141. The minimum Gasteiger partial charge on any atom is -0.357 e. The number of rotatable bonds is 9. The van der Waals surface area contributed by atoms with Gasteiger partial charge in [-0.1, -0.05) is 84.9 Å². The van der Waals surface area contributed by atoms with Crippen LogP contribution in [0.5, 0.6) is 0 Å². The number of carbonyl (C=O) groups excluding carboxylic acids is 2. The SMILES string of the molecule is CNC(=O)C(Cc1ccccc1)N(Cc1ccc(F)cc1)C(=O)CCc1cccc2ccccc12. The van der Waals surface area contributed by atoms with Gasteiger partial charge in [0.2, 0.25) is 11.8 Å². The van der Waals surface area contributed by atoms with E-state index in [1.807, 2.05) is 54.6 Å². The fraction of sp³-hybridized carbons (Fsp3) is 0.200. The number of amides is 2. The van der Waals surface area contributed by atoms with Crippen LogP contribution in [0.25, 0.3) is 10.8 Å². The Kier molecular flexibility index (Phi) is 7.88. The van der Waals surface area contributed by atoms with Gasteiger partial charge in [0.25, 0.3) is 0 Å². The largest absolute Gasteiger partial charge is 0.357 e. The van der Waals surface area contributed by atoms with Crippen LogP contribution in [0.1, 0.15) is 23.1 Å². The summed E-state index contributed by atoms with van der Waals surface area (Å²) >= 11 is 0. The Bertz CT molecular complexity index is 1280. The third-order valence-corrected chi connectivity index (χ3v) is 6.27. The van der Waals surface area contributed by atoms with Crippen molar-refractivity contribution in [2.75, 3.05) is 7.05 Å². The number of nitrogens with zero attached hydrogens (tertiary/aromatic N) is 1. The minimum absolute atomic E-state index is 0.119. The predicted molar refractivity (Wildman–Crippen MR) is 137 cm³/mol. The van der Waals surface area contributed by atoms with Crippen molar-refractivity contribution in [2.24, 2.45) is 0 Å². The molecule has 4 rings (SSSR count). The summed E-state index contributed by atoms with van der Waals surface area (Å²) in [5, 5.41) is 4.98. The Morgan fingerprint density at radius 1 is 0.829 bits per heavy atom. The fourth-order valence-electron chi connectivity index (χ4n) is 4.40. The molecule has 0 aromatic heterocycles. The topological polar surface area (TPSA) is 49.4 Å². The molecule has 2 amide bonds. The molecule has 0 bridgehead atoms. The van der Waals surface area contributed by atoms with Crippen molar-refractivity contribution in [3.8, 4) is 0 Å². The first-order chi connectivity index (χ1) is 17.0. The predicted octanol–water partition coefficient (Wildman–Crippen LogP) is 5.30. The number of hydrogen-bond donors (Lipinski definition) is 1. The Labute approximate surface area is 205 Å². The standard InChI is InChI=1S/C30H29FN2O2/c1-32-30(35)28(20-22-8-3-2-4-9-22)33(21-23-14-17-26(31)18-15-23)29(34)19-16-25-12-7-11-24-10-5-6-13-27(24)25/h2-15,17-18,28H,16,19-21H2,1H3,(H,32,35). The molecule has 0 radical (unpaired) electrons. The summed E-state index contributed by atoms with van der Waals surface area (Å²) < 4.78 is 13.5. The molecule has 0 aliphatic carbocycles. The zero-order valence-electron chi connectivity index (χ0n) is 19.8. The Morgan fingerprint density at radius 3 is 2.26 bits per heavy atom. The maximum absolute atomic E-state index is 13.6. The van der Waals surface area contributed by atoms with E-state index in [2.05, 4.69) is 23.5 Å². The first-order valence-electron chi connectivity index (χ1n) is 11.8. The molecule has 5 heteroatoms. The monoisotopic (exact) mass is 468 g/mol. The van der Waals surface area contributed by atoms with E-state index in [0.717, 1.165) is 27.5 Å². The van der Waals surface area contributed by atoms with Crippen LogP contribution in [-0.4, -0.2) is 29.8 Å². The second-order valence-electron chi connectivity index (χ2n) is 8.61. The zero-order valence-corrected chi connectivity index (χ0v) is 19.8. The normalized spacial score (nSPS) is 11.7. The Morgan fingerprint density at radius 2 is 1.51 bits per heavy atom. The molecule has 1 unspecified atom stereocenters. The van der Waals surface area contributed by atoms with E-state index in [1.54, 1.807) is 24.1 Å². The molecule has 0 fully saturated rings. The number of benzene rings is 4. The first kappa shape index (κ1) is 24.1. The zero-order chi connectivity index (χ0) is 24.6. The lowest BCUT2D eigenvalue weighted by Crippen LogP contribution is -2.49. The summed E-state index contributed by atoms with van der Waals surface area (Å²) in [5.74, 6) is -0.684. The molecule has 0 aliphatic rings. The average molecular weight is 469 g/mol. The summed E-state index contributed by atoms with van der Waals surface area (Å²) in [6.45, 7) is 0.222. The summed E-state index contributed by atoms with van der Waals surface area (Å²) in [4.78, 5) is 28.3. The van der Waals surface area contributed by atoms with Crippen LogP contribution in [0.2, 0.25) is 0 Å². The van der Waals surface area contributed by atoms with Gasteiger partial charge in [-0.25, -0.2) is 4.39 Å². The first-order valence-corrected chi connectivity index (χ1v) is 11.8. The molecule has 1 N–H and O–H groups in total. The highest BCUT2D eigenvalue weighted by Crippen LogP contribution is 2.22. The molecule has 4 nitrogen and oxygen atoms in total. The molecule has 0 saturated carbocycles. The van der Waals surface area contributed by atoms with Gasteiger partial charge in [0.05, 0.1) is 0 Å². The number of carbonyl (C=O) groups is 2. The van der Waals surface area contributed by atoms with E-state index < -0.39 is 6.04 Å². The second kappa shape index (κ2) is 11.4. The molecule has 0 heterocycles.